The second-order valence-corrected chi connectivity index (χ2v) is 1.18. The maximum Gasteiger partial charge on any atom is 0.342 e. The fourth-order valence-electron chi connectivity index (χ4n) is 0.111. The van der Waals surface area contributed by atoms with Gasteiger partial charge in [0.15, 0.2) is 0 Å². The lowest BCUT2D eigenvalue weighted by Crippen LogP contribution is -2.21. The molecule has 14 heavy (non-hydrogen) atoms. The molecule has 0 saturated carbocycles. The minimum atomic E-state index is -1.38. The zero-order valence-corrected chi connectivity index (χ0v) is 6.47. The van der Waals surface area contributed by atoms with Gasteiger partial charge >= 0.3 is 5.08 Å². The third-order valence-corrected chi connectivity index (χ3v) is 0.306. The first-order valence-corrected chi connectivity index (χ1v) is 2.33. The first-order valence-electron chi connectivity index (χ1n) is 2.33. The Morgan fingerprint density at radius 3 is 1.71 bits per heavy atom. The van der Waals surface area contributed by atoms with Crippen LogP contribution >= 0.6 is 0 Å². The van der Waals surface area contributed by atoms with Crippen LogP contribution in [0.2, 0.25) is 0 Å². The maximum absolute atomic E-state index is 9.01. The van der Waals surface area contributed by atoms with Crippen molar-refractivity contribution in [2.75, 3.05) is 0 Å². The summed E-state index contributed by atoms with van der Waals surface area (Å²) in [6.45, 7) is 0. The van der Waals surface area contributed by atoms with Gasteiger partial charge in [-0.25, -0.2) is 0 Å². The van der Waals surface area contributed by atoms with Crippen LogP contribution in [0.4, 0.5) is 0 Å². The number of nitro groups is 2. The van der Waals surface area contributed by atoms with E-state index in [1.54, 1.807) is 5.53 Å². The molecule has 80 valence electrons. The molecule has 6 N–H and O–H groups in total. The first-order chi connectivity index (χ1) is 5.90. The van der Waals surface area contributed by atoms with E-state index in [1.165, 1.54) is 0 Å². The Morgan fingerprint density at radius 1 is 1.36 bits per heavy atom. The number of guanidine groups is 1. The molecule has 0 unspecified atom stereocenters. The van der Waals surface area contributed by atoms with Gasteiger partial charge in [-0.3, -0.25) is 20.2 Å². The molecule has 0 aromatic rings. The highest BCUT2D eigenvalue weighted by molar-refractivity contribution is 5.75. The van der Waals surface area contributed by atoms with Crippen LogP contribution in [-0.2, 0) is 0 Å². The van der Waals surface area contributed by atoms with Crippen LogP contribution in [0.3, 0.4) is 0 Å². The molecule has 13 heteroatoms. The molecule has 0 rings (SSSR count). The standard InChI is InChI=1S/CH4N5.N3O4.H2O/c2-1(3)5-6-4;4-2(5)1-3(6)7;/h(H4,2,3,5);;1H2/q+1;-1;. The summed E-state index contributed by atoms with van der Waals surface area (Å²) in [5.74, 6) is -0.252. The fraction of sp³-hybridized carbons (Fsp3) is 0. The molecule has 0 heterocycles. The molecule has 0 atom stereocenters. The van der Waals surface area contributed by atoms with Crippen LogP contribution in [-0.4, -0.2) is 21.5 Å². The van der Waals surface area contributed by atoms with E-state index in [-0.39, 0.29) is 11.4 Å². The van der Waals surface area contributed by atoms with Crippen molar-refractivity contribution in [3.63, 3.8) is 0 Å². The van der Waals surface area contributed by atoms with Gasteiger partial charge in [-0.15, -0.1) is 0 Å². The van der Waals surface area contributed by atoms with Gasteiger partial charge in [0.05, 0.1) is 0 Å². The van der Waals surface area contributed by atoms with Crippen molar-refractivity contribution in [3.8, 4) is 0 Å². The van der Waals surface area contributed by atoms with Crippen molar-refractivity contribution >= 4 is 5.96 Å². The van der Waals surface area contributed by atoms with E-state index in [2.05, 4.69) is 21.7 Å². The van der Waals surface area contributed by atoms with E-state index in [9.17, 15) is 0 Å². The van der Waals surface area contributed by atoms with Gasteiger partial charge in [0.1, 0.15) is 0 Å². The van der Waals surface area contributed by atoms with Gasteiger partial charge in [0.2, 0.25) is 5.10 Å². The van der Waals surface area contributed by atoms with Gasteiger partial charge in [0.25, 0.3) is 11.4 Å². The lowest BCUT2D eigenvalue weighted by atomic mass is 11.1. The van der Waals surface area contributed by atoms with E-state index in [0.717, 1.165) is 0 Å². The third kappa shape index (κ3) is 34.9. The van der Waals surface area contributed by atoms with Crippen molar-refractivity contribution in [2.24, 2.45) is 16.6 Å². The smallest absolute Gasteiger partial charge is 0.342 e. The van der Waals surface area contributed by atoms with Crippen molar-refractivity contribution in [1.29, 1.82) is 5.39 Å². The quantitative estimate of drug-likeness (QED) is 0.170. The molecule has 0 fully saturated rings. The van der Waals surface area contributed by atoms with Gasteiger partial charge in [-0.2, -0.15) is 0 Å². The van der Waals surface area contributed by atoms with E-state index < -0.39 is 10.1 Å². The Hall–Kier alpha value is -2.75. The van der Waals surface area contributed by atoms with Crippen molar-refractivity contribution < 1.29 is 15.5 Å². The second kappa shape index (κ2) is 10.2. The van der Waals surface area contributed by atoms with E-state index >= 15 is 0 Å². The molecule has 13 nitrogen and oxygen atoms in total. The molecule has 0 aliphatic rings. The molecular weight excluding hydrogens is 204 g/mol. The Bertz CT molecular complexity index is 235. The zero-order valence-electron chi connectivity index (χ0n) is 6.47. The highest BCUT2D eigenvalue weighted by atomic mass is 16.8. The summed E-state index contributed by atoms with van der Waals surface area (Å²) < 4.78 is 0. The predicted molar refractivity (Wildman–Crippen MR) is 41.9 cm³/mol. The van der Waals surface area contributed by atoms with Gasteiger partial charge in [0, 0.05) is 10.1 Å². The molecule has 0 amide bonds. The van der Waals surface area contributed by atoms with Crippen LogP contribution < -0.4 is 11.5 Å². The number of nitrogens with zero attached hydrogens (tertiary/aromatic N) is 6. The van der Waals surface area contributed by atoms with Crippen molar-refractivity contribution in [2.45, 2.75) is 0 Å². The largest absolute Gasteiger partial charge is 0.412 e. The lowest BCUT2D eigenvalue weighted by molar-refractivity contribution is -0.618. The predicted octanol–water partition coefficient (Wildman–Crippen LogP) is -2.05. The molecule has 0 aliphatic carbocycles. The molecule has 0 aromatic carbocycles. The minimum Gasteiger partial charge on any atom is -0.412 e. The van der Waals surface area contributed by atoms with Crippen LogP contribution in [0.5, 0.6) is 0 Å². The summed E-state index contributed by atoms with van der Waals surface area (Å²) in [5.41, 5.74) is 11.1. The number of rotatable bonds is 2. The molecule has 0 aliphatic heterocycles. The summed E-state index contributed by atoms with van der Waals surface area (Å²) in [5, 5.41) is 27.8. The number of nitrogens with two attached hydrogens (primary N) is 2. The van der Waals surface area contributed by atoms with E-state index in [0.29, 0.717) is 0 Å². The summed E-state index contributed by atoms with van der Waals surface area (Å²) in [6.07, 6.45) is 0. The lowest BCUT2D eigenvalue weighted by Gasteiger charge is -1.92. The molecular formula is CH6N8O5. The Morgan fingerprint density at radius 2 is 1.71 bits per heavy atom. The Kier molecular flexibility index (Phi) is 12.7. The van der Waals surface area contributed by atoms with Crippen molar-refractivity contribution in [3.05, 3.63) is 30.8 Å². The number of hydrogen-bond donors (Lipinski definition) is 2. The normalized spacial score (nSPS) is 6.21. The highest BCUT2D eigenvalue weighted by Gasteiger charge is 1.84. The zero-order chi connectivity index (χ0) is 10.9. The summed E-state index contributed by atoms with van der Waals surface area (Å²) >= 11 is 0. The number of diazo groups is 1. The molecule has 0 radical (unpaired) electrons. The first kappa shape index (κ1) is 17.4. The van der Waals surface area contributed by atoms with Crippen LogP contribution in [0, 0.1) is 25.6 Å². The molecule has 0 bridgehead atoms. The van der Waals surface area contributed by atoms with Gasteiger partial charge < -0.3 is 16.9 Å². The van der Waals surface area contributed by atoms with Crippen molar-refractivity contribution in [1.82, 2.24) is 0 Å². The van der Waals surface area contributed by atoms with Crippen LogP contribution in [0.15, 0.2) is 5.10 Å². The third-order valence-electron chi connectivity index (χ3n) is 0.306. The topological polar surface area (TPSA) is 224 Å². The summed E-state index contributed by atoms with van der Waals surface area (Å²) in [6, 6.07) is 0. The van der Waals surface area contributed by atoms with Crippen LogP contribution in [0.1, 0.15) is 0 Å². The average Bonchev–Trinajstić information content (AvgIpc) is 1.83. The maximum atomic E-state index is 9.01. The summed E-state index contributed by atoms with van der Waals surface area (Å²) in [4.78, 5) is 18.0. The average molecular weight is 210 g/mol. The summed E-state index contributed by atoms with van der Waals surface area (Å²) in [7, 11) is 0. The van der Waals surface area contributed by atoms with Gasteiger partial charge in [-0.05, 0) is 5.53 Å². The highest BCUT2D eigenvalue weighted by Crippen LogP contribution is 1.82. The van der Waals surface area contributed by atoms with E-state index in [4.69, 9.17) is 25.6 Å². The van der Waals surface area contributed by atoms with Crippen LogP contribution in [0.25, 0.3) is 10.6 Å². The fourth-order valence-corrected chi connectivity index (χ4v) is 0.111. The molecule has 0 saturated heterocycles. The minimum absolute atomic E-state index is 0. The number of hydrogen-bond acceptors (Lipinski definition) is 6. The Labute approximate surface area is 75.5 Å². The van der Waals surface area contributed by atoms with Gasteiger partial charge in [-0.1, -0.05) is 0 Å². The second-order valence-electron chi connectivity index (χ2n) is 1.18. The molecule has 0 spiro atoms. The van der Waals surface area contributed by atoms with E-state index in [1.807, 2.05) is 0 Å². The SMILES string of the molecule is N#[N+]N=C(N)N.O.O=[N+]([O-])[N-][N+](=O)[O-]. The molecule has 0 aromatic heterocycles. The monoisotopic (exact) mass is 210 g/mol. The Balaban J connectivity index is -0.000000163.